The van der Waals surface area contributed by atoms with Gasteiger partial charge in [0.05, 0.1) is 0 Å². The van der Waals surface area contributed by atoms with E-state index in [4.69, 9.17) is 0 Å². The molecule has 2 nitrogen and oxygen atoms in total. The topological polar surface area (TPSA) is 40.5 Å². The van der Waals surface area contributed by atoms with Crippen LogP contribution in [-0.2, 0) is 0 Å². The smallest absolute Gasteiger partial charge is 0.132 e. The normalized spacial score (nSPS) is 11.5. The van der Waals surface area contributed by atoms with Gasteiger partial charge in [-0.05, 0) is 29.3 Å². The predicted octanol–water partition coefficient (Wildman–Crippen LogP) is 4.87. The summed E-state index contributed by atoms with van der Waals surface area (Å²) in [5.41, 5.74) is 1.09. The highest BCUT2D eigenvalue weighted by Crippen LogP contribution is 2.44. The second kappa shape index (κ2) is 4.13. The van der Waals surface area contributed by atoms with Crippen molar-refractivity contribution >= 4 is 32.3 Å². The molecular formula is C19H14O2. The molecule has 0 radical (unpaired) electrons. The second-order valence-corrected chi connectivity index (χ2v) is 5.40. The zero-order valence-corrected chi connectivity index (χ0v) is 11.6. The van der Waals surface area contributed by atoms with Gasteiger partial charge >= 0.3 is 0 Å². The van der Waals surface area contributed by atoms with Crippen LogP contribution in [0.1, 0.15) is 5.56 Å². The van der Waals surface area contributed by atoms with Crippen LogP contribution in [0.15, 0.2) is 54.6 Å². The molecular weight excluding hydrogens is 260 g/mol. The Morgan fingerprint density at radius 2 is 1.33 bits per heavy atom. The molecule has 0 amide bonds. The van der Waals surface area contributed by atoms with Crippen LogP contribution in [0.3, 0.4) is 0 Å². The van der Waals surface area contributed by atoms with Crippen LogP contribution in [0.25, 0.3) is 32.3 Å². The molecule has 0 spiro atoms. The van der Waals surface area contributed by atoms with E-state index in [2.05, 4.69) is 0 Å². The molecule has 0 fully saturated rings. The van der Waals surface area contributed by atoms with Gasteiger partial charge in [0.25, 0.3) is 0 Å². The van der Waals surface area contributed by atoms with Crippen LogP contribution in [0, 0.1) is 6.92 Å². The Hall–Kier alpha value is -2.74. The van der Waals surface area contributed by atoms with Gasteiger partial charge in [0.15, 0.2) is 0 Å². The minimum absolute atomic E-state index is 0.226. The third kappa shape index (κ3) is 1.53. The van der Waals surface area contributed by atoms with Gasteiger partial charge in [-0.2, -0.15) is 0 Å². The average molecular weight is 274 g/mol. The van der Waals surface area contributed by atoms with Gasteiger partial charge in [-0.1, -0.05) is 48.5 Å². The number of phenolic OH excluding ortho intramolecular Hbond substituents is 2. The summed E-state index contributed by atoms with van der Waals surface area (Å²) in [6.07, 6.45) is 0. The maximum absolute atomic E-state index is 10.7. The van der Waals surface area contributed by atoms with Crippen molar-refractivity contribution in [2.45, 2.75) is 6.92 Å². The SMILES string of the molecule is Cc1cccc2ccc3c(O)c4ccccc4c(O)c3c12. The van der Waals surface area contributed by atoms with Gasteiger partial charge < -0.3 is 10.2 Å². The van der Waals surface area contributed by atoms with E-state index in [-0.39, 0.29) is 11.5 Å². The molecule has 0 saturated carbocycles. The molecule has 0 aliphatic heterocycles. The summed E-state index contributed by atoms with van der Waals surface area (Å²) in [6, 6.07) is 17.3. The molecule has 0 bridgehead atoms. The molecule has 4 rings (SSSR count). The van der Waals surface area contributed by atoms with Crippen LogP contribution in [-0.4, -0.2) is 10.2 Å². The molecule has 0 saturated heterocycles. The van der Waals surface area contributed by atoms with Crippen molar-refractivity contribution in [2.24, 2.45) is 0 Å². The quantitative estimate of drug-likeness (QED) is 0.273. The van der Waals surface area contributed by atoms with E-state index in [1.807, 2.05) is 61.5 Å². The van der Waals surface area contributed by atoms with Crippen molar-refractivity contribution in [1.29, 1.82) is 0 Å². The molecule has 2 N–H and O–H groups in total. The van der Waals surface area contributed by atoms with Crippen LogP contribution in [0.2, 0.25) is 0 Å². The number of phenols is 2. The second-order valence-electron chi connectivity index (χ2n) is 5.40. The van der Waals surface area contributed by atoms with E-state index in [1.165, 1.54) is 0 Å². The van der Waals surface area contributed by atoms with E-state index < -0.39 is 0 Å². The largest absolute Gasteiger partial charge is 0.507 e. The predicted molar refractivity (Wildman–Crippen MR) is 87.0 cm³/mol. The minimum atomic E-state index is 0.226. The van der Waals surface area contributed by atoms with E-state index in [9.17, 15) is 10.2 Å². The molecule has 2 heteroatoms. The number of hydrogen-bond donors (Lipinski definition) is 2. The van der Waals surface area contributed by atoms with Gasteiger partial charge in [0.2, 0.25) is 0 Å². The molecule has 0 aliphatic carbocycles. The van der Waals surface area contributed by atoms with Crippen LogP contribution in [0.5, 0.6) is 11.5 Å². The summed E-state index contributed by atoms with van der Waals surface area (Å²) >= 11 is 0. The van der Waals surface area contributed by atoms with Crippen LogP contribution in [0.4, 0.5) is 0 Å². The number of fused-ring (bicyclic) bond motifs is 4. The molecule has 102 valence electrons. The minimum Gasteiger partial charge on any atom is -0.507 e. The Kier molecular flexibility index (Phi) is 2.36. The monoisotopic (exact) mass is 274 g/mol. The van der Waals surface area contributed by atoms with Gasteiger partial charge in [-0.25, -0.2) is 0 Å². The van der Waals surface area contributed by atoms with Crippen molar-refractivity contribution in [2.75, 3.05) is 0 Å². The molecule has 0 aliphatic rings. The van der Waals surface area contributed by atoms with Crippen molar-refractivity contribution in [3.8, 4) is 11.5 Å². The highest BCUT2D eigenvalue weighted by atomic mass is 16.3. The summed E-state index contributed by atoms with van der Waals surface area (Å²) in [5.74, 6) is 0.460. The molecule has 21 heavy (non-hydrogen) atoms. The summed E-state index contributed by atoms with van der Waals surface area (Å²) < 4.78 is 0. The maximum Gasteiger partial charge on any atom is 0.132 e. The fraction of sp³-hybridized carbons (Fsp3) is 0.0526. The van der Waals surface area contributed by atoms with Crippen molar-refractivity contribution in [3.63, 3.8) is 0 Å². The van der Waals surface area contributed by atoms with Crippen LogP contribution >= 0.6 is 0 Å². The Balaban J connectivity index is 2.40. The molecule has 0 unspecified atom stereocenters. The highest BCUT2D eigenvalue weighted by Gasteiger charge is 2.15. The van der Waals surface area contributed by atoms with Crippen molar-refractivity contribution < 1.29 is 10.2 Å². The summed E-state index contributed by atoms with van der Waals surface area (Å²) in [6.45, 7) is 2.02. The zero-order chi connectivity index (χ0) is 14.6. The third-order valence-electron chi connectivity index (χ3n) is 4.18. The Morgan fingerprint density at radius 1 is 0.619 bits per heavy atom. The van der Waals surface area contributed by atoms with E-state index in [1.54, 1.807) is 0 Å². The lowest BCUT2D eigenvalue weighted by Crippen LogP contribution is -1.85. The van der Waals surface area contributed by atoms with Gasteiger partial charge in [0, 0.05) is 21.5 Å². The first-order valence-electron chi connectivity index (χ1n) is 6.93. The molecule has 0 atom stereocenters. The van der Waals surface area contributed by atoms with E-state index >= 15 is 0 Å². The third-order valence-corrected chi connectivity index (χ3v) is 4.18. The lowest BCUT2D eigenvalue weighted by molar-refractivity contribution is 0.479. The molecule has 4 aromatic rings. The first kappa shape index (κ1) is 12.0. The fourth-order valence-corrected chi connectivity index (χ4v) is 3.18. The van der Waals surface area contributed by atoms with E-state index in [0.29, 0.717) is 16.2 Å². The number of hydrogen-bond acceptors (Lipinski definition) is 2. The number of rotatable bonds is 0. The average Bonchev–Trinajstić information content (AvgIpc) is 2.52. The number of aryl methyl sites for hydroxylation is 1. The Morgan fingerprint density at radius 3 is 2.10 bits per heavy atom. The lowest BCUT2D eigenvalue weighted by Gasteiger charge is -2.13. The Bertz CT molecular complexity index is 1020. The number of aromatic hydroxyl groups is 2. The fourth-order valence-electron chi connectivity index (χ4n) is 3.18. The standard InChI is InChI=1S/C19H14O2/c1-11-5-4-6-12-9-10-15-17(16(11)12)19(21)14-8-3-2-7-13(14)18(15)20/h2-10,20-21H,1H3. The van der Waals surface area contributed by atoms with Crippen molar-refractivity contribution in [1.82, 2.24) is 0 Å². The number of benzene rings is 4. The van der Waals surface area contributed by atoms with E-state index in [0.717, 1.165) is 21.7 Å². The molecule has 0 aromatic heterocycles. The summed E-state index contributed by atoms with van der Waals surface area (Å²) in [7, 11) is 0. The lowest BCUT2D eigenvalue weighted by atomic mass is 9.94. The molecule has 4 aromatic carbocycles. The van der Waals surface area contributed by atoms with Gasteiger partial charge in [-0.15, -0.1) is 0 Å². The van der Waals surface area contributed by atoms with Crippen molar-refractivity contribution in [3.05, 3.63) is 60.2 Å². The molecule has 0 heterocycles. The first-order chi connectivity index (χ1) is 10.2. The van der Waals surface area contributed by atoms with Gasteiger partial charge in [0.1, 0.15) is 11.5 Å². The Labute approximate surface area is 121 Å². The summed E-state index contributed by atoms with van der Waals surface area (Å²) in [4.78, 5) is 0. The van der Waals surface area contributed by atoms with Crippen LogP contribution < -0.4 is 0 Å². The van der Waals surface area contributed by atoms with Gasteiger partial charge in [-0.3, -0.25) is 0 Å². The maximum atomic E-state index is 10.7. The summed E-state index contributed by atoms with van der Waals surface area (Å²) in [5, 5.41) is 26.1. The first-order valence-corrected chi connectivity index (χ1v) is 6.93. The zero-order valence-electron chi connectivity index (χ0n) is 11.6. The highest BCUT2D eigenvalue weighted by molar-refractivity contribution is 6.20.